The third-order valence-corrected chi connectivity index (χ3v) is 8.86. The van der Waals surface area contributed by atoms with Crippen molar-refractivity contribution in [2.75, 3.05) is 0 Å². The Kier molecular flexibility index (Phi) is 10.1. The Bertz CT molecular complexity index is 1120. The molecule has 0 radical (unpaired) electrons. The van der Waals surface area contributed by atoms with Crippen LogP contribution in [-0.4, -0.2) is 24.9 Å². The quantitative estimate of drug-likeness (QED) is 0.131. The lowest BCUT2D eigenvalue weighted by molar-refractivity contribution is -0.137. The van der Waals surface area contributed by atoms with Crippen LogP contribution < -0.4 is 9.47 Å². The topological polar surface area (TPSA) is 110 Å². The van der Waals surface area contributed by atoms with Gasteiger partial charge >= 0.3 is 11.9 Å². The van der Waals surface area contributed by atoms with Gasteiger partial charge < -0.3 is 14.0 Å². The minimum Gasteiger partial charge on any atom is -0.744 e. The molecule has 0 aliphatic carbocycles. The molecular weight excluding hydrogens is 983 g/mol. The SMILES string of the molecule is C=C(CC(=O)Oc1c(I)cc(I)cc1I)C(=O)Oc1cc(I)c(S(=O)(=O)[O-])c(I)c1. The van der Waals surface area contributed by atoms with Crippen LogP contribution in [0.4, 0.5) is 0 Å². The van der Waals surface area contributed by atoms with Crippen molar-refractivity contribution in [2.24, 2.45) is 0 Å². The smallest absolute Gasteiger partial charge is 0.339 e. The fourth-order valence-corrected chi connectivity index (χ4v) is 9.76. The lowest BCUT2D eigenvalue weighted by Gasteiger charge is -2.14. The van der Waals surface area contributed by atoms with Gasteiger partial charge in [-0.15, -0.1) is 0 Å². The van der Waals surface area contributed by atoms with Crippen LogP contribution in [0, 0.1) is 17.9 Å². The van der Waals surface area contributed by atoms with Gasteiger partial charge in [-0.2, -0.15) is 0 Å². The van der Waals surface area contributed by atoms with Crippen LogP contribution in [0.2, 0.25) is 0 Å². The fourth-order valence-electron chi connectivity index (χ4n) is 2.04. The van der Waals surface area contributed by atoms with Gasteiger partial charge in [0, 0.05) is 16.3 Å². The molecule has 0 unspecified atom stereocenters. The number of benzene rings is 2. The van der Waals surface area contributed by atoms with Crippen molar-refractivity contribution in [3.8, 4) is 11.5 Å². The van der Waals surface area contributed by atoms with E-state index in [-0.39, 0.29) is 23.4 Å². The highest BCUT2D eigenvalue weighted by molar-refractivity contribution is 14.1. The summed E-state index contributed by atoms with van der Waals surface area (Å²) in [4.78, 5) is 24.1. The second kappa shape index (κ2) is 11.2. The van der Waals surface area contributed by atoms with Crippen LogP contribution in [-0.2, 0) is 19.7 Å². The van der Waals surface area contributed by atoms with E-state index in [1.165, 1.54) is 12.1 Å². The maximum Gasteiger partial charge on any atom is 0.339 e. The van der Waals surface area contributed by atoms with Gasteiger partial charge in [0.05, 0.1) is 18.5 Å². The molecule has 2 aromatic rings. The fraction of sp³-hybridized carbons (Fsp3) is 0.0588. The second-order valence-electron chi connectivity index (χ2n) is 5.51. The molecule has 0 bridgehead atoms. The summed E-state index contributed by atoms with van der Waals surface area (Å²) < 4.78 is 47.2. The Morgan fingerprint density at radius 3 is 1.87 bits per heavy atom. The predicted molar refractivity (Wildman–Crippen MR) is 149 cm³/mol. The normalized spacial score (nSPS) is 11.1. The monoisotopic (exact) mass is 991 g/mol. The lowest BCUT2D eigenvalue weighted by Crippen LogP contribution is -2.17. The number of ether oxygens (including phenoxy) is 2. The average molecular weight is 991 g/mol. The van der Waals surface area contributed by atoms with Crippen molar-refractivity contribution in [3.63, 3.8) is 0 Å². The molecule has 0 heterocycles. The van der Waals surface area contributed by atoms with Crippen LogP contribution in [0.3, 0.4) is 0 Å². The Morgan fingerprint density at radius 1 is 0.900 bits per heavy atom. The molecule has 0 aliphatic rings. The summed E-state index contributed by atoms with van der Waals surface area (Å²) in [7, 11) is -4.67. The minimum absolute atomic E-state index is 0.0254. The molecule has 30 heavy (non-hydrogen) atoms. The predicted octanol–water partition coefficient (Wildman–Crippen LogP) is 5.07. The van der Waals surface area contributed by atoms with Gasteiger partial charge in [0.25, 0.3) is 0 Å². The number of carbonyl (C=O) groups excluding carboxylic acids is 2. The van der Waals surface area contributed by atoms with E-state index in [9.17, 15) is 22.6 Å². The first-order valence-corrected chi connectivity index (χ1v) is 14.3. The first-order valence-electron chi connectivity index (χ1n) is 7.49. The highest BCUT2D eigenvalue weighted by atomic mass is 127. The highest BCUT2D eigenvalue weighted by Gasteiger charge is 2.20. The number of esters is 2. The lowest BCUT2D eigenvalue weighted by atomic mass is 10.2. The third kappa shape index (κ3) is 7.35. The van der Waals surface area contributed by atoms with Crippen molar-refractivity contribution in [2.45, 2.75) is 11.3 Å². The summed E-state index contributed by atoms with van der Waals surface area (Å²) in [6, 6.07) is 6.19. The molecule has 0 amide bonds. The van der Waals surface area contributed by atoms with E-state index in [4.69, 9.17) is 9.47 Å². The molecule has 0 atom stereocenters. The van der Waals surface area contributed by atoms with Crippen molar-refractivity contribution >= 4 is 135 Å². The molecule has 0 fully saturated rings. The minimum atomic E-state index is -4.67. The van der Waals surface area contributed by atoms with E-state index < -0.39 is 28.5 Å². The molecule has 160 valence electrons. The molecule has 13 heteroatoms. The molecule has 0 spiro atoms. The summed E-state index contributed by atoms with van der Waals surface area (Å²) in [5, 5.41) is 0. The average Bonchev–Trinajstić information content (AvgIpc) is 2.55. The summed E-state index contributed by atoms with van der Waals surface area (Å²) in [5.41, 5.74) is -0.138. The van der Waals surface area contributed by atoms with Crippen molar-refractivity contribution in [1.29, 1.82) is 0 Å². The van der Waals surface area contributed by atoms with Crippen LogP contribution >= 0.6 is 113 Å². The Balaban J connectivity index is 2.08. The Morgan fingerprint density at radius 2 is 1.40 bits per heavy atom. The summed E-state index contributed by atoms with van der Waals surface area (Å²) >= 11 is 9.60. The zero-order valence-corrected chi connectivity index (χ0v) is 26.0. The summed E-state index contributed by atoms with van der Waals surface area (Å²) in [6.07, 6.45) is -0.391. The van der Waals surface area contributed by atoms with Crippen LogP contribution in [0.15, 0.2) is 41.3 Å². The molecule has 0 saturated heterocycles. The third-order valence-electron chi connectivity index (χ3n) is 3.26. The number of carbonyl (C=O) groups is 2. The van der Waals surface area contributed by atoms with Gasteiger partial charge in [0.15, 0.2) is 5.75 Å². The molecule has 0 N–H and O–H groups in total. The number of halogens is 5. The van der Waals surface area contributed by atoms with Gasteiger partial charge in [0.2, 0.25) is 0 Å². The highest BCUT2D eigenvalue weighted by Crippen LogP contribution is 2.31. The largest absolute Gasteiger partial charge is 0.744 e. The first-order chi connectivity index (χ1) is 13.8. The van der Waals surface area contributed by atoms with E-state index in [0.717, 1.165) is 10.7 Å². The first kappa shape index (κ1) is 26.9. The molecular formula is C17H8I5O7S-. The molecule has 0 aromatic heterocycles. The zero-order chi connectivity index (χ0) is 22.8. The van der Waals surface area contributed by atoms with Crippen molar-refractivity contribution in [1.82, 2.24) is 0 Å². The van der Waals surface area contributed by atoms with Crippen molar-refractivity contribution < 1.29 is 32.0 Å². The van der Waals surface area contributed by atoms with Gasteiger partial charge in [-0.3, -0.25) is 4.79 Å². The Hall–Kier alpha value is 0.680. The van der Waals surface area contributed by atoms with Crippen molar-refractivity contribution in [3.05, 3.63) is 54.3 Å². The van der Waals surface area contributed by atoms with Crippen LogP contribution in [0.5, 0.6) is 11.5 Å². The molecule has 2 rings (SSSR count). The van der Waals surface area contributed by atoms with Crippen LogP contribution in [0.1, 0.15) is 6.42 Å². The Labute approximate surface area is 240 Å². The second-order valence-corrected chi connectivity index (χ2v) is 12.7. The molecule has 0 saturated carbocycles. The molecule has 0 aliphatic heterocycles. The maximum atomic E-state index is 12.3. The summed E-state index contributed by atoms with van der Waals surface area (Å²) in [6.45, 7) is 3.56. The number of hydrogen-bond donors (Lipinski definition) is 0. The number of rotatable bonds is 6. The molecule has 7 nitrogen and oxygen atoms in total. The van der Waals surface area contributed by atoms with E-state index in [2.05, 4.69) is 74.4 Å². The molecule has 2 aromatic carbocycles. The van der Waals surface area contributed by atoms with Gasteiger partial charge in [-0.1, -0.05) is 6.58 Å². The van der Waals surface area contributed by atoms with E-state index in [0.29, 0.717) is 5.75 Å². The van der Waals surface area contributed by atoms with Gasteiger partial charge in [0.1, 0.15) is 15.9 Å². The standard InChI is InChI=1S/C17H9I5O7S/c1-7(2-14(23)29-15-10(19)3-8(18)4-11(15)20)17(24)28-9-5-12(21)16(13(22)6-9)30(25,26)27/h3-6H,1-2H2,(H,25,26,27)/p-1. The maximum absolute atomic E-state index is 12.3. The number of hydrogen-bond acceptors (Lipinski definition) is 7. The zero-order valence-electron chi connectivity index (χ0n) is 14.4. The summed E-state index contributed by atoms with van der Waals surface area (Å²) in [5.74, 6) is -1.12. The van der Waals surface area contributed by atoms with E-state index in [1.807, 2.05) is 12.1 Å². The van der Waals surface area contributed by atoms with Gasteiger partial charge in [-0.25, -0.2) is 13.2 Å². The van der Waals surface area contributed by atoms with E-state index >= 15 is 0 Å². The van der Waals surface area contributed by atoms with Gasteiger partial charge in [-0.05, 0) is 137 Å². The van der Waals surface area contributed by atoms with E-state index in [1.54, 1.807) is 45.2 Å². The van der Waals surface area contributed by atoms with Crippen LogP contribution in [0.25, 0.3) is 0 Å².